The molecule has 1 aliphatic rings. The first-order valence-electron chi connectivity index (χ1n) is 7.46. The van der Waals surface area contributed by atoms with Crippen molar-refractivity contribution < 1.29 is 15.0 Å². The van der Waals surface area contributed by atoms with Gasteiger partial charge >= 0.3 is 5.97 Å². The highest BCUT2D eigenvalue weighted by molar-refractivity contribution is 8.15. The number of aliphatic carboxylic acids is 1. The minimum absolute atomic E-state index is 0.0000451. The van der Waals surface area contributed by atoms with E-state index in [1.165, 1.54) is 0 Å². The number of likely N-dealkylation sites (N-methyl/N-ethyl adjacent to an activating group) is 1. The third kappa shape index (κ3) is 4.41. The molecule has 0 bridgehead atoms. The van der Waals surface area contributed by atoms with E-state index in [1.54, 1.807) is 23.9 Å². The summed E-state index contributed by atoms with van der Waals surface area (Å²) < 4.78 is 0. The number of carboxylic acid groups (broad SMARTS) is 1. The summed E-state index contributed by atoms with van der Waals surface area (Å²) in [6, 6.07) is 7.08. The molecule has 0 spiro atoms. The molecule has 0 aliphatic carbocycles. The number of hydrogen-bond donors (Lipinski definition) is 4. The molecule has 2 atom stereocenters. The number of hydrogen-bond acceptors (Lipinski definition) is 7. The second-order valence-electron chi connectivity index (χ2n) is 6.29. The number of thiol groups is 2. The maximum absolute atomic E-state index is 11.1. The number of benzene rings is 1. The van der Waals surface area contributed by atoms with Crippen molar-refractivity contribution in [3.63, 3.8) is 0 Å². The standard InChI is InChI=1S/C16H22N2O3S3/c1-15(9-22,7-13(20)21)18(2)8-16(23)10-24-14(17-16)11-5-3-4-6-12(11)19/h3-6,19,22-23H,7-10H2,1-2H3,(H,20,21)/t15-,16?/m0/s1. The molecule has 8 heteroatoms. The molecule has 5 nitrogen and oxygen atoms in total. The Morgan fingerprint density at radius 2 is 2.17 bits per heavy atom. The molecule has 0 saturated heterocycles. The third-order valence-corrected chi connectivity index (χ3v) is 6.67. The molecule has 1 unspecified atom stereocenters. The Morgan fingerprint density at radius 1 is 1.50 bits per heavy atom. The quantitative estimate of drug-likeness (QED) is 0.542. The Hall–Kier alpha value is -0.830. The van der Waals surface area contributed by atoms with Crippen LogP contribution in [0.4, 0.5) is 0 Å². The molecule has 1 aromatic carbocycles. The van der Waals surface area contributed by atoms with Crippen LogP contribution < -0.4 is 0 Å². The number of nitrogens with zero attached hydrogens (tertiary/aromatic N) is 2. The molecule has 2 N–H and O–H groups in total. The largest absolute Gasteiger partial charge is 0.507 e. The highest BCUT2D eigenvalue weighted by atomic mass is 32.2. The fourth-order valence-corrected chi connectivity index (χ4v) is 4.54. The van der Waals surface area contributed by atoms with Gasteiger partial charge in [-0.1, -0.05) is 12.1 Å². The zero-order valence-corrected chi connectivity index (χ0v) is 16.2. The van der Waals surface area contributed by atoms with Gasteiger partial charge in [0, 0.05) is 29.2 Å². The number of phenolic OH excluding ortho intramolecular Hbond substituents is 1. The predicted molar refractivity (Wildman–Crippen MR) is 106 cm³/mol. The van der Waals surface area contributed by atoms with Crippen LogP contribution in [0.3, 0.4) is 0 Å². The van der Waals surface area contributed by atoms with Gasteiger partial charge in [0.15, 0.2) is 0 Å². The Morgan fingerprint density at radius 3 is 2.75 bits per heavy atom. The van der Waals surface area contributed by atoms with Gasteiger partial charge in [0.2, 0.25) is 0 Å². The van der Waals surface area contributed by atoms with Crippen LogP contribution in [0.25, 0.3) is 0 Å². The Kier molecular flexibility index (Phi) is 6.17. The molecule has 2 rings (SSSR count). The molecule has 24 heavy (non-hydrogen) atoms. The number of thioether (sulfide) groups is 1. The number of para-hydroxylation sites is 1. The van der Waals surface area contributed by atoms with Crippen LogP contribution >= 0.6 is 37.0 Å². The first-order chi connectivity index (χ1) is 11.2. The molecular formula is C16H22N2O3S3. The van der Waals surface area contributed by atoms with Crippen LogP contribution in [0.15, 0.2) is 29.3 Å². The predicted octanol–water partition coefficient (Wildman–Crippen LogP) is 2.61. The van der Waals surface area contributed by atoms with Gasteiger partial charge < -0.3 is 10.2 Å². The van der Waals surface area contributed by atoms with Crippen LogP contribution in [0.1, 0.15) is 18.9 Å². The lowest BCUT2D eigenvalue weighted by atomic mass is 9.98. The zero-order chi connectivity index (χ0) is 18.0. The zero-order valence-electron chi connectivity index (χ0n) is 13.6. The third-order valence-electron chi connectivity index (χ3n) is 4.17. The van der Waals surface area contributed by atoms with E-state index < -0.39 is 16.4 Å². The highest BCUT2D eigenvalue weighted by Gasteiger charge is 2.39. The fourth-order valence-electron chi connectivity index (χ4n) is 2.52. The minimum atomic E-state index is -0.856. The number of phenols is 1. The van der Waals surface area contributed by atoms with Crippen LogP contribution in [0, 0.1) is 0 Å². The molecule has 1 aliphatic heterocycles. The van der Waals surface area contributed by atoms with Crippen molar-refractivity contribution in [1.29, 1.82) is 0 Å². The van der Waals surface area contributed by atoms with Gasteiger partial charge in [-0.15, -0.1) is 24.4 Å². The summed E-state index contributed by atoms with van der Waals surface area (Å²) in [4.78, 5) is 17.1. The van der Waals surface area contributed by atoms with E-state index in [4.69, 9.17) is 17.7 Å². The smallest absolute Gasteiger partial charge is 0.305 e. The fraction of sp³-hybridized carbons (Fsp3) is 0.500. The Bertz CT molecular complexity index is 655. The summed E-state index contributed by atoms with van der Waals surface area (Å²) >= 11 is 10.6. The maximum Gasteiger partial charge on any atom is 0.305 e. The molecule has 0 fully saturated rings. The van der Waals surface area contributed by atoms with E-state index in [-0.39, 0.29) is 12.2 Å². The number of rotatable bonds is 7. The van der Waals surface area contributed by atoms with Crippen molar-refractivity contribution in [2.45, 2.75) is 23.8 Å². The van der Waals surface area contributed by atoms with Gasteiger partial charge in [-0.05, 0) is 26.1 Å². The lowest BCUT2D eigenvalue weighted by molar-refractivity contribution is -0.139. The summed E-state index contributed by atoms with van der Waals surface area (Å²) in [6.07, 6.45) is 0.0000451. The molecule has 0 saturated carbocycles. The van der Waals surface area contributed by atoms with Gasteiger partial charge in [0.1, 0.15) is 15.7 Å². The minimum Gasteiger partial charge on any atom is -0.507 e. The second kappa shape index (κ2) is 7.59. The van der Waals surface area contributed by atoms with Crippen molar-refractivity contribution in [2.75, 3.05) is 25.1 Å². The molecule has 132 valence electrons. The van der Waals surface area contributed by atoms with E-state index in [1.807, 2.05) is 31.0 Å². The highest BCUT2D eigenvalue weighted by Crippen LogP contribution is 2.37. The lowest BCUT2D eigenvalue weighted by Gasteiger charge is -2.39. The van der Waals surface area contributed by atoms with Crippen LogP contribution in [-0.2, 0) is 4.79 Å². The van der Waals surface area contributed by atoms with Gasteiger partial charge in [-0.25, -0.2) is 0 Å². The molecule has 0 amide bonds. The van der Waals surface area contributed by atoms with Crippen molar-refractivity contribution in [3.8, 4) is 5.75 Å². The number of aliphatic imine (C=N–C) groups is 1. The van der Waals surface area contributed by atoms with Crippen molar-refractivity contribution >= 4 is 48.0 Å². The first-order valence-corrected chi connectivity index (χ1v) is 9.53. The molecule has 0 radical (unpaired) electrons. The number of aromatic hydroxyl groups is 1. The average Bonchev–Trinajstić information content (AvgIpc) is 2.88. The monoisotopic (exact) mass is 386 g/mol. The molecule has 0 aromatic heterocycles. The summed E-state index contributed by atoms with van der Waals surface area (Å²) in [7, 11) is 1.87. The van der Waals surface area contributed by atoms with Crippen molar-refractivity contribution in [3.05, 3.63) is 29.8 Å². The summed E-state index contributed by atoms with van der Waals surface area (Å²) in [5.41, 5.74) is 0.117. The lowest BCUT2D eigenvalue weighted by Crippen LogP contribution is -2.52. The van der Waals surface area contributed by atoms with Gasteiger partial charge in [0.05, 0.1) is 6.42 Å². The number of carbonyl (C=O) groups is 1. The molecule has 1 heterocycles. The van der Waals surface area contributed by atoms with Crippen LogP contribution in [0.2, 0.25) is 0 Å². The van der Waals surface area contributed by atoms with E-state index in [0.717, 1.165) is 5.04 Å². The van der Waals surface area contributed by atoms with E-state index in [0.29, 0.717) is 23.6 Å². The van der Waals surface area contributed by atoms with Crippen molar-refractivity contribution in [2.24, 2.45) is 4.99 Å². The topological polar surface area (TPSA) is 73.1 Å². The molecular weight excluding hydrogens is 364 g/mol. The Balaban J connectivity index is 2.17. The van der Waals surface area contributed by atoms with E-state index >= 15 is 0 Å². The first kappa shape index (κ1) is 19.5. The van der Waals surface area contributed by atoms with Crippen molar-refractivity contribution in [1.82, 2.24) is 4.90 Å². The molecule has 1 aromatic rings. The van der Waals surface area contributed by atoms with Gasteiger partial charge in [0.25, 0.3) is 0 Å². The van der Waals surface area contributed by atoms with E-state index in [2.05, 4.69) is 17.6 Å². The SMILES string of the molecule is CN(CC1(S)CSC(c2ccccc2O)=N1)[C@](C)(CS)CC(=O)O. The number of carboxylic acids is 1. The maximum atomic E-state index is 11.1. The summed E-state index contributed by atoms with van der Waals surface area (Å²) in [5, 5.41) is 19.9. The van der Waals surface area contributed by atoms with Crippen LogP contribution in [0.5, 0.6) is 5.75 Å². The second-order valence-corrected chi connectivity index (χ2v) is 8.40. The normalized spacial score (nSPS) is 23.1. The van der Waals surface area contributed by atoms with Gasteiger partial charge in [-0.3, -0.25) is 14.7 Å². The average molecular weight is 387 g/mol. The summed E-state index contributed by atoms with van der Waals surface area (Å²) in [6.45, 7) is 2.37. The van der Waals surface area contributed by atoms with Gasteiger partial charge in [-0.2, -0.15) is 12.6 Å². The van der Waals surface area contributed by atoms with E-state index in [9.17, 15) is 9.90 Å². The van der Waals surface area contributed by atoms with Crippen LogP contribution in [-0.4, -0.2) is 61.6 Å². The summed E-state index contributed by atoms with van der Waals surface area (Å²) in [5.74, 6) is 0.412. The Labute approximate surface area is 157 Å².